The van der Waals surface area contributed by atoms with E-state index in [0.717, 1.165) is 11.1 Å². The minimum absolute atomic E-state index is 0.0326. The summed E-state index contributed by atoms with van der Waals surface area (Å²) >= 11 is 0. The highest BCUT2D eigenvalue weighted by molar-refractivity contribution is 7.86. The first-order valence-electron chi connectivity index (χ1n) is 10.8. The van der Waals surface area contributed by atoms with Crippen LogP contribution in [-0.2, 0) is 23.8 Å². The second kappa shape index (κ2) is 8.24. The van der Waals surface area contributed by atoms with Gasteiger partial charge in [-0.05, 0) is 30.2 Å². The van der Waals surface area contributed by atoms with Gasteiger partial charge in [0, 0.05) is 6.42 Å². The first-order valence-corrected chi connectivity index (χ1v) is 12.2. The van der Waals surface area contributed by atoms with Crippen molar-refractivity contribution >= 4 is 21.8 Å². The van der Waals surface area contributed by atoms with Crippen molar-refractivity contribution in [1.29, 1.82) is 0 Å². The third-order valence-corrected chi connectivity index (χ3v) is 7.61. The van der Waals surface area contributed by atoms with E-state index in [4.69, 9.17) is 13.9 Å². The largest absolute Gasteiger partial charge is 0.465 e. The predicted molar refractivity (Wildman–Crippen MR) is 123 cm³/mol. The van der Waals surface area contributed by atoms with Gasteiger partial charge in [-0.3, -0.25) is 14.0 Å². The van der Waals surface area contributed by atoms with Crippen molar-refractivity contribution in [1.82, 2.24) is 0 Å². The number of ether oxygens (including phenoxy) is 1. The molecule has 168 valence electrons. The Morgan fingerprint density at radius 3 is 2.18 bits per heavy atom. The highest BCUT2D eigenvalue weighted by Gasteiger charge is 2.63. The topological polar surface area (TPSA) is 82.0 Å². The second-order valence-electron chi connectivity index (χ2n) is 8.36. The number of benzene rings is 3. The van der Waals surface area contributed by atoms with Gasteiger partial charge in [-0.25, -0.2) is 0 Å². The molecule has 7 heteroatoms. The minimum Gasteiger partial charge on any atom is -0.465 e. The number of carbonyl (C=O) groups is 1. The molecule has 0 aliphatic carbocycles. The average molecular weight is 462 g/mol. The maximum absolute atomic E-state index is 13.3. The van der Waals surface area contributed by atoms with Crippen LogP contribution in [0.5, 0.6) is 0 Å². The van der Waals surface area contributed by atoms with Gasteiger partial charge in [0.2, 0.25) is 0 Å². The summed E-state index contributed by atoms with van der Waals surface area (Å²) in [5, 5.41) is 0. The van der Waals surface area contributed by atoms with Gasteiger partial charge in [-0.15, -0.1) is 0 Å². The number of aliphatic imine (C=N–C) groups is 1. The molecule has 0 saturated carbocycles. The SMILES string of the molecule is Cc1ccc(S(=O)(=O)OC2C(c3ccccc3)=N[C@@H](c3ccccc3)[C@@]23CCOC3=O)cc1. The average Bonchev–Trinajstić information content (AvgIpc) is 3.36. The molecule has 0 aromatic heterocycles. The summed E-state index contributed by atoms with van der Waals surface area (Å²) in [5.74, 6) is -0.491. The molecule has 3 atom stereocenters. The van der Waals surface area contributed by atoms with Gasteiger partial charge >= 0.3 is 5.97 Å². The molecule has 0 radical (unpaired) electrons. The zero-order valence-corrected chi connectivity index (χ0v) is 18.9. The molecule has 33 heavy (non-hydrogen) atoms. The number of cyclic esters (lactones) is 1. The van der Waals surface area contributed by atoms with Gasteiger partial charge in [0.05, 0.1) is 23.3 Å². The Kier molecular flexibility index (Phi) is 5.38. The van der Waals surface area contributed by atoms with E-state index in [9.17, 15) is 13.2 Å². The highest BCUT2D eigenvalue weighted by atomic mass is 32.2. The van der Waals surface area contributed by atoms with Gasteiger partial charge in [0.15, 0.2) is 0 Å². The maximum Gasteiger partial charge on any atom is 0.317 e. The summed E-state index contributed by atoms with van der Waals surface area (Å²) < 4.78 is 38.0. The summed E-state index contributed by atoms with van der Waals surface area (Å²) in [6.07, 6.45) is -0.814. The van der Waals surface area contributed by atoms with Crippen molar-refractivity contribution in [2.45, 2.75) is 30.4 Å². The van der Waals surface area contributed by atoms with Crippen LogP contribution in [0, 0.1) is 12.3 Å². The van der Waals surface area contributed by atoms with E-state index in [0.29, 0.717) is 17.7 Å². The second-order valence-corrected chi connectivity index (χ2v) is 9.94. The van der Waals surface area contributed by atoms with Gasteiger partial charge < -0.3 is 4.74 Å². The number of hydrogen-bond donors (Lipinski definition) is 0. The maximum atomic E-state index is 13.3. The predicted octanol–water partition coefficient (Wildman–Crippen LogP) is 4.25. The van der Waals surface area contributed by atoms with Crippen LogP contribution in [0.3, 0.4) is 0 Å². The van der Waals surface area contributed by atoms with E-state index in [1.807, 2.05) is 67.6 Å². The molecule has 0 N–H and O–H groups in total. The van der Waals surface area contributed by atoms with E-state index in [-0.39, 0.29) is 11.5 Å². The number of hydrogen-bond acceptors (Lipinski definition) is 6. The number of rotatable bonds is 5. The van der Waals surface area contributed by atoms with Crippen LogP contribution in [0.4, 0.5) is 0 Å². The minimum atomic E-state index is -4.18. The third kappa shape index (κ3) is 3.67. The normalized spacial score (nSPS) is 24.6. The monoisotopic (exact) mass is 461 g/mol. The van der Waals surface area contributed by atoms with Crippen molar-refractivity contribution in [3.05, 3.63) is 102 Å². The summed E-state index contributed by atoms with van der Waals surface area (Å²) in [7, 11) is -4.18. The van der Waals surface area contributed by atoms with E-state index in [1.165, 1.54) is 12.1 Å². The van der Waals surface area contributed by atoms with Crippen LogP contribution in [-0.4, -0.2) is 32.8 Å². The Morgan fingerprint density at radius 1 is 0.939 bits per heavy atom. The van der Waals surface area contributed by atoms with Gasteiger partial charge in [-0.1, -0.05) is 78.4 Å². The lowest BCUT2D eigenvalue weighted by Gasteiger charge is -2.31. The Balaban J connectivity index is 1.66. The van der Waals surface area contributed by atoms with Crippen molar-refractivity contribution < 1.29 is 22.1 Å². The van der Waals surface area contributed by atoms with E-state index >= 15 is 0 Å². The van der Waals surface area contributed by atoms with Gasteiger partial charge in [0.1, 0.15) is 11.5 Å². The molecule has 1 fully saturated rings. The Bertz CT molecular complexity index is 1300. The highest BCUT2D eigenvalue weighted by Crippen LogP contribution is 2.54. The fraction of sp³-hybridized carbons (Fsp3) is 0.231. The van der Waals surface area contributed by atoms with Crippen molar-refractivity contribution in [2.24, 2.45) is 10.4 Å². The van der Waals surface area contributed by atoms with Crippen LogP contribution >= 0.6 is 0 Å². The lowest BCUT2D eigenvalue weighted by atomic mass is 9.72. The molecule has 1 spiro atoms. The number of carbonyl (C=O) groups excluding carboxylic acids is 1. The summed E-state index contributed by atoms with van der Waals surface area (Å²) in [5.41, 5.74) is 1.60. The smallest absolute Gasteiger partial charge is 0.317 e. The van der Waals surface area contributed by atoms with E-state index in [2.05, 4.69) is 0 Å². The molecule has 5 rings (SSSR count). The Labute approximate surface area is 193 Å². The fourth-order valence-corrected chi connectivity index (χ4v) is 5.70. The Morgan fingerprint density at radius 2 is 1.58 bits per heavy atom. The van der Waals surface area contributed by atoms with Crippen molar-refractivity contribution in [3.8, 4) is 0 Å². The molecule has 2 aliphatic heterocycles. The van der Waals surface area contributed by atoms with Crippen LogP contribution in [0.1, 0.15) is 29.2 Å². The molecule has 2 aliphatic rings. The number of aryl methyl sites for hydroxylation is 1. The van der Waals surface area contributed by atoms with E-state index < -0.39 is 33.6 Å². The van der Waals surface area contributed by atoms with Gasteiger partial charge in [0.25, 0.3) is 10.1 Å². The van der Waals surface area contributed by atoms with Crippen molar-refractivity contribution in [2.75, 3.05) is 6.61 Å². The van der Waals surface area contributed by atoms with Crippen LogP contribution in [0.25, 0.3) is 0 Å². The van der Waals surface area contributed by atoms with Crippen LogP contribution in [0.2, 0.25) is 0 Å². The fourth-order valence-electron chi connectivity index (χ4n) is 4.61. The lowest BCUT2D eigenvalue weighted by Crippen LogP contribution is -2.46. The molecular weight excluding hydrogens is 438 g/mol. The molecule has 0 bridgehead atoms. The van der Waals surface area contributed by atoms with E-state index in [1.54, 1.807) is 12.1 Å². The van der Waals surface area contributed by atoms with Crippen molar-refractivity contribution in [3.63, 3.8) is 0 Å². The Hall–Kier alpha value is -3.29. The molecule has 0 amide bonds. The molecule has 1 saturated heterocycles. The first-order chi connectivity index (χ1) is 15.9. The molecule has 6 nitrogen and oxygen atoms in total. The summed E-state index contributed by atoms with van der Waals surface area (Å²) in [6.45, 7) is 2.06. The standard InChI is InChI=1S/C26H23NO5S/c1-18-12-14-21(15-13-18)33(29,30)32-24-22(19-8-4-2-5-9-19)27-23(20-10-6-3-7-11-20)26(24)16-17-31-25(26)28/h2-15,23-24H,16-17H2,1H3/t23-,24?,26-/m0/s1. The molecule has 3 aromatic carbocycles. The van der Waals surface area contributed by atoms with Gasteiger partial charge in [-0.2, -0.15) is 8.42 Å². The lowest BCUT2D eigenvalue weighted by molar-refractivity contribution is -0.149. The zero-order chi connectivity index (χ0) is 23.1. The van der Waals surface area contributed by atoms with Crippen LogP contribution < -0.4 is 0 Å². The quantitative estimate of drug-likeness (QED) is 0.419. The third-order valence-electron chi connectivity index (χ3n) is 6.32. The first kappa shape index (κ1) is 21.6. The molecular formula is C26H23NO5S. The molecule has 2 heterocycles. The number of nitrogens with zero attached hydrogens (tertiary/aromatic N) is 1. The molecule has 1 unspecified atom stereocenters. The van der Waals surface area contributed by atoms with Crippen LogP contribution in [0.15, 0.2) is 94.8 Å². The summed E-state index contributed by atoms with van der Waals surface area (Å²) in [6, 6.07) is 24.5. The summed E-state index contributed by atoms with van der Waals surface area (Å²) in [4.78, 5) is 18.2. The zero-order valence-electron chi connectivity index (χ0n) is 18.0. The number of esters is 1. The molecule has 3 aromatic rings.